The van der Waals surface area contributed by atoms with Gasteiger partial charge in [0.15, 0.2) is 33.3 Å². The van der Waals surface area contributed by atoms with Gasteiger partial charge in [-0.25, -0.2) is 26.2 Å². The molecule has 638 valence electrons. The molecular weight excluding hydrogens is 1790 g/mol. The van der Waals surface area contributed by atoms with E-state index >= 15 is 0 Å². The van der Waals surface area contributed by atoms with Gasteiger partial charge in [0.05, 0.1) is 65.1 Å². The minimum atomic E-state index is -2.04. The molecule has 1 atom stereocenters. The predicted molar refractivity (Wildman–Crippen MR) is 455 cm³/mol. The van der Waals surface area contributed by atoms with E-state index in [-0.39, 0.29) is 76.8 Å². The first-order chi connectivity index (χ1) is 51.9. The number of amides is 4. The summed E-state index contributed by atoms with van der Waals surface area (Å²) < 4.78 is 51.8. The molecule has 4 aromatic rings. The SMILES string of the molecule is C.C1CCOC1.CC(=O)[O][Hg][O]C(C)=O.CC(C)(C)[Si](C)(C)OCCCCO.CC(C)(C)[Si](C)(C)OCCCCON.CC(C)(C)[Si](C)(C)OCCCCON.CC(C)(C)[Si](C)(C)OCCCCON1C(=O)c2ccccc2C1=O.Cc1nc(N)nc2c1C(=S)N[C@@H](c1ccc(F)cc1Br)C2.O=C1c2ccccc2C(=O)N1O. The van der Waals surface area contributed by atoms with Crippen molar-refractivity contribution in [2.24, 2.45) is 11.8 Å². The number of nitrogens with one attached hydrogen (secondary N) is 1. The first-order valence-electron chi connectivity index (χ1n) is 38.2. The van der Waals surface area contributed by atoms with Crippen molar-refractivity contribution in [2.45, 2.75) is 260 Å². The Morgan fingerprint density at radius 1 is 0.602 bits per heavy atom. The molecule has 0 saturated carbocycles. The van der Waals surface area contributed by atoms with Crippen LogP contribution < -0.4 is 22.8 Å². The minimum Gasteiger partial charge on any atom is -0.417 e. The number of hydrogen-bond acceptors (Lipinski definition) is 24. The van der Waals surface area contributed by atoms with Crippen LogP contribution >= 0.6 is 28.1 Å². The summed E-state index contributed by atoms with van der Waals surface area (Å²) in [6, 6.07) is 17.6. The monoisotopic (exact) mass is 1930 g/mol. The Balaban J connectivity index is 0.00000131. The Bertz CT molecular complexity index is 3450. The van der Waals surface area contributed by atoms with Gasteiger partial charge in [-0.1, -0.05) is 149 Å². The molecule has 1 saturated heterocycles. The second-order valence-electron chi connectivity index (χ2n) is 33.1. The number of nitrogens with zero attached hydrogens (tertiary/aromatic N) is 4. The van der Waals surface area contributed by atoms with Crippen LogP contribution in [0.1, 0.15) is 239 Å². The summed E-state index contributed by atoms with van der Waals surface area (Å²) in [6.45, 7) is 56.4. The van der Waals surface area contributed by atoms with Crippen LogP contribution in [-0.2, 0) is 83.7 Å². The van der Waals surface area contributed by atoms with Crippen LogP contribution in [0.2, 0.25) is 72.5 Å². The van der Waals surface area contributed by atoms with Crippen LogP contribution in [0.4, 0.5) is 10.3 Å². The molecule has 4 amide bonds. The summed E-state index contributed by atoms with van der Waals surface area (Å²) in [5.41, 5.74) is 10.4. The number of aliphatic hydroxyl groups excluding tert-OH is 1. The van der Waals surface area contributed by atoms with Gasteiger partial charge in [0, 0.05) is 57.1 Å². The van der Waals surface area contributed by atoms with Crippen molar-refractivity contribution in [3.63, 3.8) is 0 Å². The number of nitrogens with two attached hydrogens (primary N) is 3. The molecule has 0 unspecified atom stereocenters. The second-order valence-corrected chi connectivity index (χ2v) is 56.7. The molecule has 5 heterocycles. The Morgan fingerprint density at radius 3 is 1.28 bits per heavy atom. The summed E-state index contributed by atoms with van der Waals surface area (Å²) in [7, 11) is -6.33. The third-order valence-corrected chi connectivity index (χ3v) is 43.3. The van der Waals surface area contributed by atoms with Crippen LogP contribution in [0.15, 0.2) is 71.2 Å². The molecule has 3 aromatic carbocycles. The van der Waals surface area contributed by atoms with E-state index in [1.807, 2.05) is 6.92 Å². The molecule has 34 heteroatoms. The van der Waals surface area contributed by atoms with Gasteiger partial charge >= 0.3 is 66.2 Å². The fourth-order valence-electron chi connectivity index (χ4n) is 9.04. The maximum absolute atomic E-state index is 13.2. The van der Waals surface area contributed by atoms with Gasteiger partial charge in [-0.15, -0.1) is 10.1 Å². The van der Waals surface area contributed by atoms with Gasteiger partial charge in [-0.05, 0) is 186 Å². The Hall–Kier alpha value is -4.62. The average molecular weight is 1930 g/mol. The largest absolute Gasteiger partial charge is 0.417 e. The van der Waals surface area contributed by atoms with Gasteiger partial charge < -0.3 is 48.3 Å². The third-order valence-electron chi connectivity index (χ3n) is 20.0. The molecule has 4 aliphatic heterocycles. The number of benzene rings is 3. The number of aromatic nitrogens is 2. The zero-order valence-electron chi connectivity index (χ0n) is 71.1. The molecule has 8 rings (SSSR count). The number of thiocarbonyl (C=S) groups is 1. The molecule has 0 bridgehead atoms. The second kappa shape index (κ2) is 52.3. The van der Waals surface area contributed by atoms with Crippen LogP contribution in [0.3, 0.4) is 0 Å². The topological polar surface area (TPSA) is 358 Å². The van der Waals surface area contributed by atoms with Gasteiger partial charge in [0.25, 0.3) is 23.6 Å². The van der Waals surface area contributed by atoms with Crippen molar-refractivity contribution >= 4 is 108 Å². The standard InChI is InChI=1S/C18H27NO4Si.C14H12BrFN4S.2C10H25NO2Si.C10H24O2Si.C8H5NO3.C4H8O.2C2H4O2.CH4.Hg/c1-18(2,3)24(4,5)23-13-9-8-12-22-19-16(20)14-10-6-7-11-15(14)17(19)21;1-6-12-11(20-14(17)18-6)5-10(19-13(12)21)8-3-2-7(16)4-9(8)15;2*1-10(2,3)14(4,5)13-9-7-6-8-12-11;1-10(2,3)13(4,5)12-9-7-6-8-11;10-7-5-3-1-2-4-6(5)8(11)9(7)12;1-2-4-5-3-1;2*1-2(3)4;;/h6-7,10-11H,8-9,12-13H2,1-5H3;2-4,10H,5H2,1H3,(H,19,21)(H2,17,18,20);2*6-9,11H2,1-5H3;11H,6-9H2,1-5H3;1-4,12H;1-4H2;2*1H3,(H,3,4);1H4;/q;;;;;;;;;;+2/p-2/t;10-;;;;;;;;;/m.1........./s1. The van der Waals surface area contributed by atoms with E-state index in [9.17, 15) is 33.2 Å². The fourth-order valence-corrected chi connectivity index (χ4v) is 15.9. The number of rotatable bonds is 27. The number of hydroxylamine groups is 4. The smallest absolute Gasteiger partial charge is 0.285 e. The minimum absolute atomic E-state index is 0. The van der Waals surface area contributed by atoms with E-state index in [1.54, 1.807) is 42.5 Å². The number of halogens is 2. The molecule has 113 heavy (non-hydrogen) atoms. The molecule has 0 spiro atoms. The van der Waals surface area contributed by atoms with Crippen molar-refractivity contribution < 1.29 is 111 Å². The number of aryl methyl sites for hydroxylation is 1. The number of carbonyl (C=O) groups excluding carboxylic acids is 6. The van der Waals surface area contributed by atoms with Crippen molar-refractivity contribution in [1.29, 1.82) is 0 Å². The number of ether oxygens (including phenoxy) is 1. The quantitative estimate of drug-likeness (QED) is 0.00806. The number of aliphatic hydroxyl groups is 1. The van der Waals surface area contributed by atoms with E-state index in [0.717, 1.165) is 112 Å². The average Bonchev–Trinajstić information content (AvgIpc) is 1.78. The molecule has 0 aliphatic carbocycles. The molecule has 9 N–H and O–H groups in total. The number of anilines is 1. The van der Waals surface area contributed by atoms with Gasteiger partial charge in [-0.2, -0.15) is 0 Å². The fraction of sp³-hybridized carbons (Fsp3) is 0.633. The Labute approximate surface area is 705 Å². The van der Waals surface area contributed by atoms with Crippen LogP contribution in [0.25, 0.3) is 0 Å². The van der Waals surface area contributed by atoms with Crippen molar-refractivity contribution in [3.8, 4) is 0 Å². The van der Waals surface area contributed by atoms with E-state index < -0.39 is 70.6 Å². The Kier molecular flexibility index (Phi) is 50.2. The molecule has 4 aliphatic rings. The van der Waals surface area contributed by atoms with E-state index in [4.69, 9.17) is 67.3 Å². The zero-order chi connectivity index (χ0) is 85.7. The number of fused-ring (bicyclic) bond motifs is 3. The third kappa shape index (κ3) is 39.2. The van der Waals surface area contributed by atoms with Crippen molar-refractivity contribution in [3.05, 3.63) is 122 Å². The zero-order valence-corrected chi connectivity index (χ0v) is 83.0. The van der Waals surface area contributed by atoms with Gasteiger partial charge in [-0.3, -0.25) is 29.2 Å². The predicted octanol–water partition coefficient (Wildman–Crippen LogP) is 17.1. The number of hydrogen-bond donors (Lipinski definition) is 6. The number of carbonyl (C=O) groups is 6. The van der Waals surface area contributed by atoms with E-state index in [0.29, 0.717) is 68.6 Å². The number of unbranched alkanes of at least 4 members (excludes halogenated alkanes) is 4. The number of nitrogen functional groups attached to an aromatic ring is 1. The van der Waals surface area contributed by atoms with Crippen molar-refractivity contribution in [1.82, 2.24) is 25.4 Å². The number of imide groups is 2. The molecule has 26 nitrogen and oxygen atoms in total. The summed E-state index contributed by atoms with van der Waals surface area (Å²) in [5, 5.41) is 22.9. The van der Waals surface area contributed by atoms with Crippen LogP contribution in [0, 0.1) is 12.7 Å². The van der Waals surface area contributed by atoms with Crippen LogP contribution in [-0.4, -0.2) is 170 Å². The molecule has 1 aromatic heterocycles. The Morgan fingerprint density at radius 2 is 0.956 bits per heavy atom. The van der Waals surface area contributed by atoms with Crippen molar-refractivity contribution in [2.75, 3.05) is 71.8 Å². The first kappa shape index (κ1) is 108. The van der Waals surface area contributed by atoms with Gasteiger partial charge in [0.2, 0.25) is 5.95 Å². The maximum atomic E-state index is 13.2. The summed E-state index contributed by atoms with van der Waals surface area (Å²) in [6.07, 6.45) is 10.6. The molecular formula is C79H136BrFHgN8O18SSi4. The molecule has 0 radical (unpaired) electrons. The maximum Gasteiger partial charge on any atom is 0.285 e. The summed E-state index contributed by atoms with van der Waals surface area (Å²) in [5.74, 6) is 7.02. The van der Waals surface area contributed by atoms with Gasteiger partial charge in [0.1, 0.15) is 10.8 Å². The summed E-state index contributed by atoms with van der Waals surface area (Å²) >= 11 is 6.77. The molecule has 1 fully saturated rings. The van der Waals surface area contributed by atoms with E-state index in [2.05, 4.69) is 182 Å². The van der Waals surface area contributed by atoms with E-state index in [1.165, 1.54) is 51.0 Å². The normalized spacial score (nSPS) is 14.5. The summed E-state index contributed by atoms with van der Waals surface area (Å²) in [4.78, 5) is 89.9. The van der Waals surface area contributed by atoms with Crippen LogP contribution in [0.5, 0.6) is 0 Å². The first-order valence-corrected chi connectivity index (χ1v) is 55.5.